The molecule has 0 spiro atoms. The fourth-order valence-electron chi connectivity index (χ4n) is 2.83. The van der Waals surface area contributed by atoms with Gasteiger partial charge in [0.05, 0.1) is 12.2 Å². The molecule has 3 aromatic heterocycles. The molecular formula is C20H18N6O2. The Labute approximate surface area is 160 Å². The smallest absolute Gasteiger partial charge is 0.271 e. The van der Waals surface area contributed by atoms with E-state index in [4.69, 9.17) is 0 Å². The number of benzene rings is 1. The van der Waals surface area contributed by atoms with Crippen LogP contribution in [-0.4, -0.2) is 37.5 Å². The van der Waals surface area contributed by atoms with Crippen LogP contribution in [0.2, 0.25) is 0 Å². The van der Waals surface area contributed by atoms with Gasteiger partial charge in [0, 0.05) is 30.0 Å². The highest BCUT2D eigenvalue weighted by molar-refractivity contribution is 5.98. The monoisotopic (exact) mass is 374 g/mol. The molecule has 0 bridgehead atoms. The zero-order valence-electron chi connectivity index (χ0n) is 15.2. The van der Waals surface area contributed by atoms with Crippen LogP contribution in [0, 0.1) is 6.92 Å². The van der Waals surface area contributed by atoms with Crippen molar-refractivity contribution in [1.82, 2.24) is 24.5 Å². The van der Waals surface area contributed by atoms with Gasteiger partial charge in [0.1, 0.15) is 11.3 Å². The van der Waals surface area contributed by atoms with Gasteiger partial charge in [-0.15, -0.1) is 0 Å². The van der Waals surface area contributed by atoms with Gasteiger partial charge in [-0.25, -0.2) is 9.67 Å². The van der Waals surface area contributed by atoms with Crippen LogP contribution >= 0.6 is 0 Å². The van der Waals surface area contributed by atoms with Crippen LogP contribution in [0.5, 0.6) is 0 Å². The Morgan fingerprint density at radius 1 is 1.07 bits per heavy atom. The number of imidazole rings is 1. The summed E-state index contributed by atoms with van der Waals surface area (Å²) in [6, 6.07) is 14.7. The average Bonchev–Trinajstić information content (AvgIpc) is 3.37. The van der Waals surface area contributed by atoms with E-state index in [1.54, 1.807) is 29.2 Å². The van der Waals surface area contributed by atoms with E-state index in [2.05, 4.69) is 20.7 Å². The molecule has 0 saturated carbocycles. The summed E-state index contributed by atoms with van der Waals surface area (Å²) >= 11 is 0. The molecule has 0 unspecified atom stereocenters. The quantitative estimate of drug-likeness (QED) is 0.560. The van der Waals surface area contributed by atoms with Gasteiger partial charge in [-0.2, -0.15) is 5.10 Å². The molecule has 4 aromatic rings. The van der Waals surface area contributed by atoms with Crippen LogP contribution in [0.3, 0.4) is 0 Å². The van der Waals surface area contributed by atoms with Gasteiger partial charge in [0.25, 0.3) is 5.91 Å². The van der Waals surface area contributed by atoms with Crippen LogP contribution in [0.1, 0.15) is 16.2 Å². The molecule has 0 fully saturated rings. The Kier molecular flexibility index (Phi) is 4.59. The SMILES string of the molecule is Cc1cccc2nc(C(=O)NCC(=O)Nc3ccc(-n4cccn4)cc3)cn12. The number of hydrogen-bond acceptors (Lipinski definition) is 4. The Balaban J connectivity index is 1.34. The van der Waals surface area contributed by atoms with E-state index in [0.29, 0.717) is 11.3 Å². The summed E-state index contributed by atoms with van der Waals surface area (Å²) < 4.78 is 3.55. The number of carbonyl (C=O) groups is 2. The van der Waals surface area contributed by atoms with E-state index < -0.39 is 5.91 Å². The van der Waals surface area contributed by atoms with Crippen molar-refractivity contribution in [2.75, 3.05) is 11.9 Å². The number of hydrogen-bond donors (Lipinski definition) is 2. The molecule has 2 N–H and O–H groups in total. The molecular weight excluding hydrogens is 356 g/mol. The number of amides is 2. The van der Waals surface area contributed by atoms with Crippen molar-refractivity contribution in [3.05, 3.63) is 78.5 Å². The second kappa shape index (κ2) is 7.36. The van der Waals surface area contributed by atoms with Gasteiger partial charge in [0.2, 0.25) is 5.91 Å². The molecule has 8 nitrogen and oxygen atoms in total. The zero-order valence-corrected chi connectivity index (χ0v) is 15.2. The lowest BCUT2D eigenvalue weighted by molar-refractivity contribution is -0.115. The highest BCUT2D eigenvalue weighted by Crippen LogP contribution is 2.12. The van der Waals surface area contributed by atoms with E-state index in [1.807, 2.05) is 53.9 Å². The van der Waals surface area contributed by atoms with E-state index >= 15 is 0 Å². The number of aryl methyl sites for hydroxylation is 1. The minimum absolute atomic E-state index is 0.146. The number of rotatable bonds is 5. The van der Waals surface area contributed by atoms with Gasteiger partial charge in [-0.1, -0.05) is 6.07 Å². The number of nitrogens with one attached hydrogen (secondary N) is 2. The third kappa shape index (κ3) is 3.61. The van der Waals surface area contributed by atoms with Crippen molar-refractivity contribution < 1.29 is 9.59 Å². The van der Waals surface area contributed by atoms with Crippen molar-refractivity contribution in [3.8, 4) is 5.69 Å². The van der Waals surface area contributed by atoms with Crippen molar-refractivity contribution in [2.45, 2.75) is 6.92 Å². The maximum absolute atomic E-state index is 12.3. The summed E-state index contributed by atoms with van der Waals surface area (Å²) in [7, 11) is 0. The van der Waals surface area contributed by atoms with Crippen molar-refractivity contribution in [1.29, 1.82) is 0 Å². The van der Waals surface area contributed by atoms with Gasteiger partial charge in [0.15, 0.2) is 0 Å². The van der Waals surface area contributed by atoms with E-state index in [-0.39, 0.29) is 18.1 Å². The van der Waals surface area contributed by atoms with Gasteiger partial charge < -0.3 is 15.0 Å². The molecule has 4 rings (SSSR count). The lowest BCUT2D eigenvalue weighted by atomic mass is 10.3. The number of aromatic nitrogens is 4. The zero-order chi connectivity index (χ0) is 19.5. The fourth-order valence-corrected chi connectivity index (χ4v) is 2.83. The Morgan fingerprint density at radius 2 is 1.89 bits per heavy atom. The summed E-state index contributed by atoms with van der Waals surface area (Å²) in [6.07, 6.45) is 5.19. The fraction of sp³-hybridized carbons (Fsp3) is 0.100. The molecule has 0 aliphatic heterocycles. The highest BCUT2D eigenvalue weighted by atomic mass is 16.2. The first kappa shape index (κ1) is 17.5. The molecule has 140 valence electrons. The number of anilines is 1. The van der Waals surface area contributed by atoms with E-state index in [0.717, 1.165) is 11.4 Å². The molecule has 1 aromatic carbocycles. The predicted octanol–water partition coefficient (Wildman–Crippen LogP) is 2.20. The van der Waals surface area contributed by atoms with Crippen LogP contribution < -0.4 is 10.6 Å². The minimum atomic E-state index is -0.396. The third-order valence-electron chi connectivity index (χ3n) is 4.26. The number of nitrogens with zero attached hydrogens (tertiary/aromatic N) is 4. The summed E-state index contributed by atoms with van der Waals surface area (Å²) in [4.78, 5) is 28.7. The molecule has 0 atom stereocenters. The second-order valence-corrected chi connectivity index (χ2v) is 6.25. The van der Waals surface area contributed by atoms with Crippen molar-refractivity contribution >= 4 is 23.1 Å². The molecule has 0 radical (unpaired) electrons. The molecule has 0 aliphatic carbocycles. The molecule has 3 heterocycles. The first-order valence-corrected chi connectivity index (χ1v) is 8.73. The molecule has 2 amide bonds. The first-order valence-electron chi connectivity index (χ1n) is 8.73. The molecule has 0 saturated heterocycles. The normalized spacial score (nSPS) is 10.8. The van der Waals surface area contributed by atoms with Gasteiger partial charge >= 0.3 is 0 Å². The average molecular weight is 374 g/mol. The molecule has 8 heteroatoms. The van der Waals surface area contributed by atoms with Crippen LogP contribution in [0.4, 0.5) is 5.69 Å². The van der Waals surface area contributed by atoms with Crippen LogP contribution in [0.15, 0.2) is 67.1 Å². The number of pyridine rings is 1. The third-order valence-corrected chi connectivity index (χ3v) is 4.26. The molecule has 0 aliphatic rings. The number of fused-ring (bicyclic) bond motifs is 1. The lowest BCUT2D eigenvalue weighted by Gasteiger charge is -2.07. The van der Waals surface area contributed by atoms with Crippen LogP contribution in [0.25, 0.3) is 11.3 Å². The lowest BCUT2D eigenvalue weighted by Crippen LogP contribution is -2.33. The van der Waals surface area contributed by atoms with Crippen molar-refractivity contribution in [3.63, 3.8) is 0 Å². The van der Waals surface area contributed by atoms with Crippen molar-refractivity contribution in [2.24, 2.45) is 0 Å². The number of carbonyl (C=O) groups excluding carboxylic acids is 2. The Bertz CT molecular complexity index is 1130. The summed E-state index contributed by atoms with van der Waals surface area (Å²) in [6.45, 7) is 1.79. The Morgan fingerprint density at radius 3 is 2.61 bits per heavy atom. The maximum Gasteiger partial charge on any atom is 0.271 e. The first-order chi connectivity index (χ1) is 13.6. The minimum Gasteiger partial charge on any atom is -0.342 e. The summed E-state index contributed by atoms with van der Waals surface area (Å²) in [5, 5.41) is 9.49. The van der Waals surface area contributed by atoms with E-state index in [9.17, 15) is 9.59 Å². The highest BCUT2D eigenvalue weighted by Gasteiger charge is 2.13. The van der Waals surface area contributed by atoms with Crippen LogP contribution in [-0.2, 0) is 4.79 Å². The standard InChI is InChI=1S/C20H18N6O2/c1-14-4-2-5-18-24-17(13-25(14)18)20(28)21-12-19(27)23-15-6-8-16(9-7-15)26-11-3-10-22-26/h2-11,13H,12H2,1H3,(H,21,28)(H,23,27). The maximum atomic E-state index is 12.3. The van der Waals surface area contributed by atoms with E-state index in [1.165, 1.54) is 0 Å². The molecule has 28 heavy (non-hydrogen) atoms. The predicted molar refractivity (Wildman–Crippen MR) is 104 cm³/mol. The Hall–Kier alpha value is -3.94. The van der Waals surface area contributed by atoms with Gasteiger partial charge in [-0.05, 0) is 49.4 Å². The summed E-state index contributed by atoms with van der Waals surface area (Å²) in [5.74, 6) is -0.715. The second-order valence-electron chi connectivity index (χ2n) is 6.25. The van der Waals surface area contributed by atoms with Gasteiger partial charge in [-0.3, -0.25) is 9.59 Å². The summed E-state index contributed by atoms with van der Waals surface area (Å²) in [5.41, 5.74) is 3.45. The topological polar surface area (TPSA) is 93.3 Å². The largest absolute Gasteiger partial charge is 0.342 e.